The number of rotatable bonds is 2. The summed E-state index contributed by atoms with van der Waals surface area (Å²) in [6.45, 7) is 9.62. The Labute approximate surface area is 83.1 Å². The van der Waals surface area contributed by atoms with Gasteiger partial charge in [-0.3, -0.25) is 0 Å². The highest BCUT2D eigenvalue weighted by atomic mass is 14.5. The molecule has 0 aromatic heterocycles. The second-order valence-electron chi connectivity index (χ2n) is 6.04. The zero-order valence-corrected chi connectivity index (χ0v) is 9.59. The minimum absolute atomic E-state index is 0.929. The van der Waals surface area contributed by atoms with Gasteiger partial charge in [0.2, 0.25) is 0 Å². The number of hydrogen-bond acceptors (Lipinski definition) is 0. The van der Waals surface area contributed by atoms with E-state index in [1.54, 1.807) is 19.3 Å². The molecule has 76 valence electrons. The van der Waals surface area contributed by atoms with Gasteiger partial charge in [-0.05, 0) is 54.8 Å². The monoisotopic (exact) mass is 180 g/mol. The van der Waals surface area contributed by atoms with E-state index in [1.807, 2.05) is 0 Å². The van der Waals surface area contributed by atoms with Gasteiger partial charge in [-0.1, -0.05) is 27.7 Å². The van der Waals surface area contributed by atoms with Crippen molar-refractivity contribution in [2.45, 2.75) is 47.0 Å². The van der Waals surface area contributed by atoms with Gasteiger partial charge in [-0.15, -0.1) is 0 Å². The van der Waals surface area contributed by atoms with Crippen LogP contribution in [0.1, 0.15) is 47.0 Å². The molecule has 2 aliphatic carbocycles. The van der Waals surface area contributed by atoms with E-state index >= 15 is 0 Å². The highest BCUT2D eigenvalue weighted by molar-refractivity contribution is 4.97. The Morgan fingerprint density at radius 3 is 2.08 bits per heavy atom. The third-order valence-electron chi connectivity index (χ3n) is 4.71. The van der Waals surface area contributed by atoms with Crippen molar-refractivity contribution in [3.63, 3.8) is 0 Å². The summed E-state index contributed by atoms with van der Waals surface area (Å²) < 4.78 is 0. The second-order valence-corrected chi connectivity index (χ2v) is 6.04. The molecular formula is C13H24. The van der Waals surface area contributed by atoms with Crippen LogP contribution in [0.4, 0.5) is 0 Å². The van der Waals surface area contributed by atoms with Gasteiger partial charge in [0.15, 0.2) is 0 Å². The average Bonchev–Trinajstić information content (AvgIpc) is 2.28. The zero-order valence-electron chi connectivity index (χ0n) is 9.59. The predicted molar refractivity (Wildman–Crippen MR) is 57.5 cm³/mol. The Kier molecular flexibility index (Phi) is 2.42. The van der Waals surface area contributed by atoms with Crippen LogP contribution in [-0.4, -0.2) is 0 Å². The second kappa shape index (κ2) is 3.29. The molecule has 0 saturated heterocycles. The van der Waals surface area contributed by atoms with Crippen LogP contribution in [-0.2, 0) is 0 Å². The maximum Gasteiger partial charge on any atom is -0.0352 e. The third kappa shape index (κ3) is 1.53. The van der Waals surface area contributed by atoms with Gasteiger partial charge >= 0.3 is 0 Å². The van der Waals surface area contributed by atoms with E-state index < -0.39 is 0 Å². The van der Waals surface area contributed by atoms with Crippen LogP contribution in [0.2, 0.25) is 0 Å². The maximum atomic E-state index is 2.41. The molecule has 0 aromatic rings. The molecule has 4 unspecified atom stereocenters. The highest BCUT2D eigenvalue weighted by Gasteiger charge is 2.48. The minimum Gasteiger partial charge on any atom is -0.0625 e. The molecule has 0 aliphatic heterocycles. The molecule has 2 aliphatic rings. The fourth-order valence-electron chi connectivity index (χ4n) is 3.64. The minimum atomic E-state index is 0.929. The van der Waals surface area contributed by atoms with E-state index in [0.29, 0.717) is 0 Å². The van der Waals surface area contributed by atoms with E-state index in [1.165, 1.54) is 0 Å². The van der Waals surface area contributed by atoms with Gasteiger partial charge in [0, 0.05) is 0 Å². The molecule has 0 bridgehead atoms. The lowest BCUT2D eigenvalue weighted by Gasteiger charge is -2.43. The first kappa shape index (κ1) is 9.55. The molecule has 0 N–H and O–H groups in total. The highest BCUT2D eigenvalue weighted by Crippen LogP contribution is 2.57. The van der Waals surface area contributed by atoms with Crippen molar-refractivity contribution < 1.29 is 0 Å². The van der Waals surface area contributed by atoms with E-state index in [2.05, 4.69) is 27.7 Å². The summed E-state index contributed by atoms with van der Waals surface area (Å²) >= 11 is 0. The maximum absolute atomic E-state index is 2.41. The van der Waals surface area contributed by atoms with Crippen molar-refractivity contribution >= 4 is 0 Å². The van der Waals surface area contributed by atoms with Crippen molar-refractivity contribution in [1.82, 2.24) is 0 Å². The molecular weight excluding hydrogens is 156 g/mol. The van der Waals surface area contributed by atoms with Crippen LogP contribution in [0.25, 0.3) is 0 Å². The Hall–Kier alpha value is 0. The van der Waals surface area contributed by atoms with E-state index in [0.717, 1.165) is 35.5 Å². The standard InChI is InChI=1S/C13H24/c1-8(2)10-5-11-7-12(9(3)4)13(11)6-10/h8-13H,5-7H2,1-4H3. The van der Waals surface area contributed by atoms with Crippen molar-refractivity contribution in [2.75, 3.05) is 0 Å². The zero-order chi connectivity index (χ0) is 9.59. The lowest BCUT2D eigenvalue weighted by molar-refractivity contribution is 0.0620. The van der Waals surface area contributed by atoms with Crippen LogP contribution in [0.15, 0.2) is 0 Å². The molecule has 0 aromatic carbocycles. The summed E-state index contributed by atoms with van der Waals surface area (Å²) in [5.74, 6) is 6.24. The molecule has 0 nitrogen and oxygen atoms in total. The summed E-state index contributed by atoms with van der Waals surface area (Å²) in [5.41, 5.74) is 0. The van der Waals surface area contributed by atoms with Crippen molar-refractivity contribution in [3.05, 3.63) is 0 Å². The SMILES string of the molecule is CC(C)C1CC2CC(C(C)C)C2C1. The van der Waals surface area contributed by atoms with E-state index in [-0.39, 0.29) is 0 Å². The molecule has 2 rings (SSSR count). The fourth-order valence-corrected chi connectivity index (χ4v) is 3.64. The molecule has 0 heterocycles. The van der Waals surface area contributed by atoms with Crippen molar-refractivity contribution in [2.24, 2.45) is 35.5 Å². The molecule has 0 radical (unpaired) electrons. The van der Waals surface area contributed by atoms with Crippen LogP contribution in [0.5, 0.6) is 0 Å². The normalized spacial score (nSPS) is 43.8. The van der Waals surface area contributed by atoms with E-state index in [9.17, 15) is 0 Å². The summed E-state index contributed by atoms with van der Waals surface area (Å²) in [5, 5.41) is 0. The van der Waals surface area contributed by atoms with Gasteiger partial charge in [-0.25, -0.2) is 0 Å². The predicted octanol–water partition coefficient (Wildman–Crippen LogP) is 3.96. The first-order valence-electron chi connectivity index (χ1n) is 6.09. The van der Waals surface area contributed by atoms with Gasteiger partial charge < -0.3 is 0 Å². The Balaban J connectivity index is 1.91. The number of fused-ring (bicyclic) bond motifs is 1. The first-order valence-corrected chi connectivity index (χ1v) is 6.09. The molecule has 0 amide bonds. The van der Waals surface area contributed by atoms with Gasteiger partial charge in [0.1, 0.15) is 0 Å². The first-order chi connectivity index (χ1) is 6.09. The van der Waals surface area contributed by atoms with Crippen LogP contribution >= 0.6 is 0 Å². The van der Waals surface area contributed by atoms with E-state index in [4.69, 9.17) is 0 Å². The smallest absolute Gasteiger partial charge is 0.0352 e. The third-order valence-corrected chi connectivity index (χ3v) is 4.71. The quantitative estimate of drug-likeness (QED) is 0.603. The summed E-state index contributed by atoms with van der Waals surface area (Å²) in [6, 6.07) is 0. The number of hydrogen-bond donors (Lipinski definition) is 0. The molecule has 2 fully saturated rings. The van der Waals surface area contributed by atoms with Gasteiger partial charge in [0.05, 0.1) is 0 Å². The van der Waals surface area contributed by atoms with Crippen molar-refractivity contribution in [1.29, 1.82) is 0 Å². The largest absolute Gasteiger partial charge is 0.0625 e. The van der Waals surface area contributed by atoms with Gasteiger partial charge in [0.25, 0.3) is 0 Å². The summed E-state index contributed by atoms with van der Waals surface area (Å²) in [6.07, 6.45) is 4.64. The molecule has 0 spiro atoms. The van der Waals surface area contributed by atoms with Crippen molar-refractivity contribution in [3.8, 4) is 0 Å². The molecule has 0 heteroatoms. The molecule has 2 saturated carbocycles. The van der Waals surface area contributed by atoms with Crippen LogP contribution < -0.4 is 0 Å². The van der Waals surface area contributed by atoms with Crippen LogP contribution in [0, 0.1) is 35.5 Å². The Morgan fingerprint density at radius 2 is 1.54 bits per heavy atom. The topological polar surface area (TPSA) is 0 Å². The fraction of sp³-hybridized carbons (Fsp3) is 1.00. The average molecular weight is 180 g/mol. The Morgan fingerprint density at radius 1 is 0.846 bits per heavy atom. The summed E-state index contributed by atoms with van der Waals surface area (Å²) in [7, 11) is 0. The van der Waals surface area contributed by atoms with Crippen LogP contribution in [0.3, 0.4) is 0 Å². The summed E-state index contributed by atoms with van der Waals surface area (Å²) in [4.78, 5) is 0. The lowest BCUT2D eigenvalue weighted by Crippen LogP contribution is -2.35. The Bertz CT molecular complexity index is 174. The van der Waals surface area contributed by atoms with Gasteiger partial charge in [-0.2, -0.15) is 0 Å². The molecule has 13 heavy (non-hydrogen) atoms. The lowest BCUT2D eigenvalue weighted by atomic mass is 9.62. The molecule has 4 atom stereocenters.